The van der Waals surface area contributed by atoms with Gasteiger partial charge in [0.2, 0.25) is 0 Å². The van der Waals surface area contributed by atoms with Crippen molar-refractivity contribution in [3.05, 3.63) is 34.7 Å². The molecule has 0 radical (unpaired) electrons. The molecule has 76 valence electrons. The summed E-state index contributed by atoms with van der Waals surface area (Å²) in [4.78, 5) is 11.5. The molecule has 1 saturated carbocycles. The number of rotatable bonds is 2. The van der Waals surface area contributed by atoms with Crippen LogP contribution in [0, 0.1) is 5.41 Å². The molecule has 1 aliphatic rings. The van der Waals surface area contributed by atoms with Crippen LogP contribution < -0.4 is 5.56 Å². The molecule has 0 saturated heterocycles. The van der Waals surface area contributed by atoms with Gasteiger partial charge in [-0.25, -0.2) is 0 Å². The van der Waals surface area contributed by atoms with Crippen molar-refractivity contribution in [2.75, 3.05) is 0 Å². The molecule has 14 heavy (non-hydrogen) atoms. The summed E-state index contributed by atoms with van der Waals surface area (Å²) in [5.41, 5.74) is 0.478. The van der Waals surface area contributed by atoms with Crippen molar-refractivity contribution in [2.24, 2.45) is 5.41 Å². The second kappa shape index (κ2) is 3.60. The Bertz CT molecular complexity index is 361. The third-order valence-corrected chi connectivity index (χ3v) is 3.26. The fourth-order valence-corrected chi connectivity index (χ4v) is 2.39. The van der Waals surface area contributed by atoms with Gasteiger partial charge in [0, 0.05) is 18.8 Å². The number of hydrogen-bond acceptors (Lipinski definition) is 1. The van der Waals surface area contributed by atoms with Gasteiger partial charge in [0.25, 0.3) is 5.56 Å². The standard InChI is InChI=1S/C12H17NO/c1-12(7-3-4-8-12)10-13-9-5-2-6-11(13)14/h2,5-6,9H,3-4,7-8,10H2,1H3. The van der Waals surface area contributed by atoms with Crippen molar-refractivity contribution >= 4 is 0 Å². The molecule has 2 heteroatoms. The molecule has 0 bridgehead atoms. The van der Waals surface area contributed by atoms with E-state index >= 15 is 0 Å². The summed E-state index contributed by atoms with van der Waals surface area (Å²) in [6.07, 6.45) is 7.05. The van der Waals surface area contributed by atoms with Crippen molar-refractivity contribution in [1.29, 1.82) is 0 Å². The van der Waals surface area contributed by atoms with Crippen molar-refractivity contribution < 1.29 is 0 Å². The van der Waals surface area contributed by atoms with Gasteiger partial charge < -0.3 is 4.57 Å². The minimum absolute atomic E-state index is 0.126. The summed E-state index contributed by atoms with van der Waals surface area (Å²) in [5.74, 6) is 0. The van der Waals surface area contributed by atoms with Crippen LogP contribution in [0.1, 0.15) is 32.6 Å². The van der Waals surface area contributed by atoms with Gasteiger partial charge in [-0.15, -0.1) is 0 Å². The van der Waals surface area contributed by atoms with Gasteiger partial charge in [-0.1, -0.05) is 25.8 Å². The molecule has 0 unspecified atom stereocenters. The first-order valence-electron chi connectivity index (χ1n) is 5.35. The molecule has 1 aromatic heterocycles. The van der Waals surface area contributed by atoms with E-state index in [9.17, 15) is 4.79 Å². The summed E-state index contributed by atoms with van der Waals surface area (Å²) >= 11 is 0. The second-order valence-corrected chi connectivity index (χ2v) is 4.68. The van der Waals surface area contributed by atoms with Gasteiger partial charge in [-0.3, -0.25) is 4.79 Å². The summed E-state index contributed by atoms with van der Waals surface area (Å²) < 4.78 is 1.84. The van der Waals surface area contributed by atoms with E-state index in [1.54, 1.807) is 12.1 Å². The predicted molar refractivity (Wildman–Crippen MR) is 57.3 cm³/mol. The molecule has 0 spiro atoms. The lowest BCUT2D eigenvalue weighted by Crippen LogP contribution is -2.27. The number of nitrogens with zero attached hydrogens (tertiary/aromatic N) is 1. The van der Waals surface area contributed by atoms with Crippen LogP contribution in [0.15, 0.2) is 29.2 Å². The predicted octanol–water partition coefficient (Wildman–Crippen LogP) is 2.43. The van der Waals surface area contributed by atoms with E-state index < -0.39 is 0 Å². The summed E-state index contributed by atoms with van der Waals surface area (Å²) in [6.45, 7) is 3.17. The van der Waals surface area contributed by atoms with Crippen molar-refractivity contribution in [1.82, 2.24) is 4.57 Å². The van der Waals surface area contributed by atoms with Crippen LogP contribution in [0.5, 0.6) is 0 Å². The maximum atomic E-state index is 11.5. The zero-order valence-corrected chi connectivity index (χ0v) is 8.70. The highest BCUT2D eigenvalue weighted by Crippen LogP contribution is 2.38. The molecule has 2 nitrogen and oxygen atoms in total. The molecule has 0 amide bonds. The van der Waals surface area contributed by atoms with Crippen LogP contribution >= 0.6 is 0 Å². The van der Waals surface area contributed by atoms with Crippen LogP contribution in [0.4, 0.5) is 0 Å². The number of aromatic nitrogens is 1. The van der Waals surface area contributed by atoms with Gasteiger partial charge in [0.15, 0.2) is 0 Å². The highest BCUT2D eigenvalue weighted by Gasteiger charge is 2.28. The van der Waals surface area contributed by atoms with E-state index in [0.717, 1.165) is 6.54 Å². The summed E-state index contributed by atoms with van der Waals surface area (Å²) in [6, 6.07) is 5.37. The molecule has 1 aromatic rings. The Balaban J connectivity index is 2.18. The van der Waals surface area contributed by atoms with Crippen LogP contribution in [0.2, 0.25) is 0 Å². The molecule has 1 fully saturated rings. The molecule has 1 heterocycles. The van der Waals surface area contributed by atoms with E-state index in [4.69, 9.17) is 0 Å². The monoisotopic (exact) mass is 191 g/mol. The van der Waals surface area contributed by atoms with E-state index in [1.165, 1.54) is 25.7 Å². The topological polar surface area (TPSA) is 22.0 Å². The first kappa shape index (κ1) is 9.50. The van der Waals surface area contributed by atoms with Crippen LogP contribution in [0.3, 0.4) is 0 Å². The van der Waals surface area contributed by atoms with Crippen molar-refractivity contribution in [3.8, 4) is 0 Å². The first-order chi connectivity index (χ1) is 6.70. The van der Waals surface area contributed by atoms with Crippen LogP contribution in [0.25, 0.3) is 0 Å². The normalized spacial score (nSPS) is 19.8. The number of pyridine rings is 1. The van der Waals surface area contributed by atoms with Crippen molar-refractivity contribution in [2.45, 2.75) is 39.2 Å². The Morgan fingerprint density at radius 1 is 1.36 bits per heavy atom. The molecular weight excluding hydrogens is 174 g/mol. The third-order valence-electron chi connectivity index (χ3n) is 3.26. The Hall–Kier alpha value is -1.05. The zero-order valence-electron chi connectivity index (χ0n) is 8.70. The van der Waals surface area contributed by atoms with Crippen molar-refractivity contribution in [3.63, 3.8) is 0 Å². The molecule has 0 aromatic carbocycles. The minimum atomic E-state index is 0.126. The summed E-state index contributed by atoms with van der Waals surface area (Å²) in [5, 5.41) is 0. The quantitative estimate of drug-likeness (QED) is 0.703. The Kier molecular flexibility index (Phi) is 2.44. The van der Waals surface area contributed by atoms with Crippen LogP contribution in [-0.4, -0.2) is 4.57 Å². The van der Waals surface area contributed by atoms with Gasteiger partial charge in [-0.2, -0.15) is 0 Å². The van der Waals surface area contributed by atoms with Crippen LogP contribution in [-0.2, 0) is 6.54 Å². The lowest BCUT2D eigenvalue weighted by Gasteiger charge is -2.24. The Labute approximate surface area is 84.6 Å². The number of hydrogen-bond donors (Lipinski definition) is 0. The highest BCUT2D eigenvalue weighted by atomic mass is 16.1. The van der Waals surface area contributed by atoms with Gasteiger partial charge >= 0.3 is 0 Å². The van der Waals surface area contributed by atoms with E-state index in [2.05, 4.69) is 6.92 Å². The van der Waals surface area contributed by atoms with E-state index in [1.807, 2.05) is 16.8 Å². The zero-order chi connectivity index (χ0) is 10.0. The molecule has 0 aliphatic heterocycles. The summed E-state index contributed by atoms with van der Waals surface area (Å²) in [7, 11) is 0. The highest BCUT2D eigenvalue weighted by molar-refractivity contribution is 4.94. The fourth-order valence-electron chi connectivity index (χ4n) is 2.39. The average Bonchev–Trinajstić information content (AvgIpc) is 2.57. The van der Waals surface area contributed by atoms with Gasteiger partial charge in [0.1, 0.15) is 0 Å². The minimum Gasteiger partial charge on any atom is -0.315 e. The lowest BCUT2D eigenvalue weighted by molar-refractivity contribution is 0.278. The van der Waals surface area contributed by atoms with E-state index in [-0.39, 0.29) is 5.56 Å². The molecular formula is C12H17NO. The lowest BCUT2D eigenvalue weighted by atomic mass is 9.89. The maximum absolute atomic E-state index is 11.5. The molecule has 0 N–H and O–H groups in total. The van der Waals surface area contributed by atoms with E-state index in [0.29, 0.717) is 5.41 Å². The largest absolute Gasteiger partial charge is 0.315 e. The smallest absolute Gasteiger partial charge is 0.250 e. The molecule has 1 aliphatic carbocycles. The first-order valence-corrected chi connectivity index (χ1v) is 5.35. The Morgan fingerprint density at radius 3 is 2.71 bits per heavy atom. The second-order valence-electron chi connectivity index (χ2n) is 4.68. The third kappa shape index (κ3) is 1.89. The van der Waals surface area contributed by atoms with Gasteiger partial charge in [-0.05, 0) is 24.3 Å². The average molecular weight is 191 g/mol. The molecule has 0 atom stereocenters. The molecule has 2 rings (SSSR count). The van der Waals surface area contributed by atoms with Gasteiger partial charge in [0.05, 0.1) is 0 Å². The Morgan fingerprint density at radius 2 is 2.07 bits per heavy atom. The SMILES string of the molecule is CC1(Cn2ccccc2=O)CCCC1. The fraction of sp³-hybridized carbons (Fsp3) is 0.583. The maximum Gasteiger partial charge on any atom is 0.250 e.